The van der Waals surface area contributed by atoms with Gasteiger partial charge in [0, 0.05) is 102 Å². The number of carbonyl (C=O) groups excluding carboxylic acids is 5. The summed E-state index contributed by atoms with van der Waals surface area (Å²) in [7, 11) is -10.6. The first-order chi connectivity index (χ1) is 46.3. The summed E-state index contributed by atoms with van der Waals surface area (Å²) in [5, 5.41) is 9.42. The fraction of sp³-hybridized carbons (Fsp3) is 0.685. The van der Waals surface area contributed by atoms with Crippen LogP contribution in [-0.2, 0) is 49.1 Å². The Balaban J connectivity index is 0.00000104. The summed E-state index contributed by atoms with van der Waals surface area (Å²) < 4.78 is 92.9. The second kappa shape index (κ2) is 56.0. The van der Waals surface area contributed by atoms with Crippen LogP contribution in [0.1, 0.15) is 266 Å². The zero-order valence-electron chi connectivity index (χ0n) is 59.8. The van der Waals surface area contributed by atoms with Crippen LogP contribution in [0.25, 0.3) is 0 Å². The van der Waals surface area contributed by atoms with Gasteiger partial charge >= 0.3 is 0 Å². The number of hydrogen-bond donors (Lipinski definition) is 4. The second-order valence-electron chi connectivity index (χ2n) is 24.2. The topological polar surface area (TPSA) is 278 Å². The lowest BCUT2D eigenvalue weighted by molar-refractivity contribution is -0.109. The average molecular weight is 1410 g/mol. The maximum atomic E-state index is 13.0. The molecular weight excluding hydrogens is 1280 g/mol. The molecule has 1 atom stereocenters. The number of ether oxygens (including phenoxy) is 2. The zero-order valence-corrected chi connectivity index (χ0v) is 62.3. The third-order valence-corrected chi connectivity index (χ3v) is 21.6. The van der Waals surface area contributed by atoms with E-state index in [4.69, 9.17) is 15.2 Å². The lowest BCUT2D eigenvalue weighted by Crippen LogP contribution is -2.32. The van der Waals surface area contributed by atoms with Crippen LogP contribution in [0.3, 0.4) is 0 Å². The van der Waals surface area contributed by atoms with E-state index >= 15 is 0 Å². The van der Waals surface area contributed by atoms with E-state index in [2.05, 4.69) is 16.0 Å². The maximum Gasteiger partial charge on any atom is 0.251 e. The largest absolute Gasteiger partial charge is 0.381 e. The number of sulfonamides is 3. The van der Waals surface area contributed by atoms with Gasteiger partial charge in [-0.25, -0.2) is 25.3 Å². The number of nitrogens with zero attached hydrogens (tertiary/aromatic N) is 3. The molecule has 23 heteroatoms. The lowest BCUT2D eigenvalue weighted by atomic mass is 10.0. The molecule has 0 bridgehead atoms. The lowest BCUT2D eigenvalue weighted by Gasteiger charge is -2.21. The van der Waals surface area contributed by atoms with Gasteiger partial charge in [0.15, 0.2) is 5.78 Å². The van der Waals surface area contributed by atoms with Crippen molar-refractivity contribution in [2.75, 3.05) is 85.3 Å². The van der Waals surface area contributed by atoms with Gasteiger partial charge in [-0.05, 0) is 171 Å². The molecule has 20 nitrogen and oxygen atoms in total. The molecule has 0 aliphatic carbocycles. The van der Waals surface area contributed by atoms with Gasteiger partial charge in [-0.1, -0.05) is 131 Å². The van der Waals surface area contributed by atoms with Crippen molar-refractivity contribution in [3.63, 3.8) is 0 Å². The van der Waals surface area contributed by atoms with Crippen molar-refractivity contribution >= 4 is 60.2 Å². The Labute approximate surface area is 580 Å². The Hall–Kier alpha value is -4.82. The van der Waals surface area contributed by atoms with Gasteiger partial charge in [0.25, 0.3) is 11.8 Å². The summed E-state index contributed by atoms with van der Waals surface area (Å²) in [4.78, 5) is 57.7. The van der Waals surface area contributed by atoms with E-state index in [1.807, 2.05) is 48.5 Å². The SMILES string of the molecule is CCCN(CCC)S(=O)(=O)c1ccc(C(=O)CCCCCCCNC(CCCCCCCCCCCNC(=O)c2ccc(S(=O)(=O)N(CCC)CCC)cc2)OCC)cc1.CCCN(CCC)S(=O)(=O)c1ccc(C(=O)NCCCCCCN)cc1.O=CCCCOCCC=O. The van der Waals surface area contributed by atoms with Gasteiger partial charge in [0.1, 0.15) is 18.8 Å². The van der Waals surface area contributed by atoms with E-state index in [0.717, 1.165) is 154 Å². The van der Waals surface area contributed by atoms with Gasteiger partial charge in [-0.3, -0.25) is 19.7 Å². The first-order valence-corrected chi connectivity index (χ1v) is 40.6. The van der Waals surface area contributed by atoms with E-state index in [0.29, 0.717) is 115 Å². The van der Waals surface area contributed by atoms with Crippen LogP contribution >= 0.6 is 0 Å². The number of benzene rings is 3. The summed E-state index contributed by atoms with van der Waals surface area (Å²) in [6.07, 6.45) is 29.2. The van der Waals surface area contributed by atoms with Crippen molar-refractivity contribution in [1.82, 2.24) is 28.9 Å². The Morgan fingerprint density at radius 1 is 0.427 bits per heavy atom. The number of hydrogen-bond acceptors (Lipinski definition) is 15. The van der Waals surface area contributed by atoms with Gasteiger partial charge in [-0.15, -0.1) is 0 Å². The fourth-order valence-electron chi connectivity index (χ4n) is 10.6. The molecule has 0 saturated carbocycles. The number of ketones is 1. The second-order valence-corrected chi connectivity index (χ2v) is 30.0. The van der Waals surface area contributed by atoms with Crippen molar-refractivity contribution in [3.8, 4) is 0 Å². The molecule has 96 heavy (non-hydrogen) atoms. The number of rotatable bonds is 57. The van der Waals surface area contributed by atoms with E-state index in [-0.39, 0.29) is 38.5 Å². The monoisotopic (exact) mass is 1400 g/mol. The molecular formula is C73H125N7O13S3. The molecule has 0 fully saturated rings. The van der Waals surface area contributed by atoms with Crippen LogP contribution < -0.4 is 21.7 Å². The molecule has 0 aromatic heterocycles. The number of Topliss-reactive ketones (excluding diaryl/α,β-unsaturated/α-hetero) is 1. The highest BCUT2D eigenvalue weighted by Gasteiger charge is 2.26. The minimum atomic E-state index is -3.55. The molecule has 0 aliphatic rings. The highest BCUT2D eigenvalue weighted by Crippen LogP contribution is 2.22. The number of carbonyl (C=O) groups is 5. The summed E-state index contributed by atoms with van der Waals surface area (Å²) in [6, 6.07) is 18.9. The first-order valence-electron chi connectivity index (χ1n) is 36.2. The van der Waals surface area contributed by atoms with Crippen LogP contribution in [0.4, 0.5) is 0 Å². The fourth-order valence-corrected chi connectivity index (χ4v) is 15.5. The molecule has 3 aromatic carbocycles. The molecule has 0 heterocycles. The predicted molar refractivity (Wildman–Crippen MR) is 388 cm³/mol. The molecule has 0 radical (unpaired) electrons. The minimum Gasteiger partial charge on any atom is -0.381 e. The highest BCUT2D eigenvalue weighted by molar-refractivity contribution is 7.89. The molecule has 3 aromatic rings. The van der Waals surface area contributed by atoms with Crippen molar-refractivity contribution < 1.29 is 58.7 Å². The predicted octanol–water partition coefficient (Wildman–Crippen LogP) is 13.4. The highest BCUT2D eigenvalue weighted by atomic mass is 32.2. The van der Waals surface area contributed by atoms with Crippen LogP contribution in [0.15, 0.2) is 87.5 Å². The van der Waals surface area contributed by atoms with Crippen molar-refractivity contribution in [3.05, 3.63) is 89.5 Å². The Morgan fingerprint density at radius 2 is 0.771 bits per heavy atom. The first kappa shape index (κ1) is 89.2. The molecule has 0 aliphatic heterocycles. The number of nitrogens with two attached hydrogens (primary N) is 1. The smallest absolute Gasteiger partial charge is 0.251 e. The van der Waals surface area contributed by atoms with E-state index in [9.17, 15) is 49.2 Å². The van der Waals surface area contributed by atoms with Crippen LogP contribution in [0, 0.1) is 0 Å². The van der Waals surface area contributed by atoms with E-state index in [1.165, 1.54) is 69.3 Å². The number of unbranched alkanes of at least 4 members (excludes halogenated alkanes) is 16. The summed E-state index contributed by atoms with van der Waals surface area (Å²) in [5.41, 5.74) is 6.97. The average Bonchev–Trinajstić information content (AvgIpc) is 0.894. The van der Waals surface area contributed by atoms with Crippen LogP contribution in [-0.4, -0.2) is 160 Å². The number of nitrogens with one attached hydrogen (secondary N) is 3. The standard InChI is InChI=1S/C47H80N4O7S2.C19H33N3O3S.C7H12O3/c1-6-37-50(38-7-2)59(54,55)43-31-27-41(28-32-43)45(52)25-21-17-16-20-23-35-48-46(58-10-5)26-22-18-14-12-11-13-15-19-24-36-49-47(53)42-29-33-44(34-30-42)60(56,57)51(39-8-3)40-9-4;1-3-15-22(16-4-2)26(24,25)18-11-9-17(10-12-18)19(23)21-14-8-6-5-7-13-20;8-4-1-2-6-10-7-3-5-9/h27-34,46,48H,6-26,35-40H2,1-5H3,(H,49,53);9-12H,3-8,13-16,20H2,1-2H3,(H,21,23);4-5H,1-3,6-7H2. The van der Waals surface area contributed by atoms with Crippen molar-refractivity contribution in [2.24, 2.45) is 5.73 Å². The third kappa shape index (κ3) is 37.9. The number of amides is 2. The Morgan fingerprint density at radius 3 is 1.14 bits per heavy atom. The van der Waals surface area contributed by atoms with Crippen LogP contribution in [0.5, 0.6) is 0 Å². The minimum absolute atomic E-state index is 0.0646. The van der Waals surface area contributed by atoms with Gasteiger partial charge < -0.3 is 35.4 Å². The quantitative estimate of drug-likeness (QED) is 0.0177. The molecule has 2 amide bonds. The molecule has 0 spiro atoms. The molecule has 1 unspecified atom stereocenters. The summed E-state index contributed by atoms with van der Waals surface area (Å²) in [5.74, 6) is -0.279. The molecule has 3 rings (SSSR count). The summed E-state index contributed by atoms with van der Waals surface area (Å²) in [6.45, 7) is 21.4. The third-order valence-electron chi connectivity index (χ3n) is 15.8. The normalized spacial score (nSPS) is 12.0. The molecule has 548 valence electrons. The van der Waals surface area contributed by atoms with Gasteiger partial charge in [0.2, 0.25) is 30.1 Å². The molecule has 5 N–H and O–H groups in total. The van der Waals surface area contributed by atoms with E-state index in [1.54, 1.807) is 48.5 Å². The maximum absolute atomic E-state index is 13.0. The van der Waals surface area contributed by atoms with Crippen LogP contribution in [0.2, 0.25) is 0 Å². The Bertz CT molecular complexity index is 2820. The van der Waals surface area contributed by atoms with Crippen molar-refractivity contribution in [2.45, 2.75) is 256 Å². The zero-order chi connectivity index (χ0) is 71.1. The molecule has 0 saturated heterocycles. The Kier molecular flexibility index (Phi) is 52.0. The van der Waals surface area contributed by atoms with Crippen molar-refractivity contribution in [1.29, 1.82) is 0 Å². The van der Waals surface area contributed by atoms with Gasteiger partial charge in [0.05, 0.1) is 21.3 Å². The number of aldehydes is 2. The van der Waals surface area contributed by atoms with E-state index < -0.39 is 30.1 Å². The summed E-state index contributed by atoms with van der Waals surface area (Å²) >= 11 is 0. The van der Waals surface area contributed by atoms with Gasteiger partial charge in [-0.2, -0.15) is 12.9 Å².